The van der Waals surface area contributed by atoms with Crippen LogP contribution in [-0.4, -0.2) is 19.2 Å². The number of hydrogen-bond acceptors (Lipinski definition) is 5. The molecule has 1 saturated carbocycles. The number of halogens is 5. The highest BCUT2D eigenvalue weighted by atomic mass is 35.5. The smallest absolute Gasteiger partial charge is 0.387 e. The summed E-state index contributed by atoms with van der Waals surface area (Å²) in [6.45, 7) is -2.63. The van der Waals surface area contributed by atoms with Crippen molar-refractivity contribution in [3.63, 3.8) is 0 Å². The molecular formula is C23H19Cl3F2NO4S+. The average molecular weight is 550 g/mol. The third kappa shape index (κ3) is 6.30. The van der Waals surface area contributed by atoms with E-state index in [1.165, 1.54) is 18.2 Å². The fourth-order valence-electron chi connectivity index (χ4n) is 3.23. The van der Waals surface area contributed by atoms with Gasteiger partial charge in [-0.3, -0.25) is 0 Å². The molecule has 0 unspecified atom stereocenters. The lowest BCUT2D eigenvalue weighted by Gasteiger charge is -2.21. The lowest BCUT2D eigenvalue weighted by molar-refractivity contribution is -0.377. The number of esters is 1. The lowest BCUT2D eigenvalue weighted by Crippen LogP contribution is -2.15. The molecule has 0 amide bonds. The summed E-state index contributed by atoms with van der Waals surface area (Å²) in [4.78, 5) is 15.9. The number of aromatic amines is 1. The third-order valence-corrected chi connectivity index (χ3v) is 7.16. The van der Waals surface area contributed by atoms with E-state index in [2.05, 4.69) is 9.72 Å². The highest BCUT2D eigenvalue weighted by Gasteiger charge is 2.27. The van der Waals surface area contributed by atoms with Gasteiger partial charge in [-0.15, -0.1) is 11.3 Å². The predicted octanol–water partition coefficient (Wildman–Crippen LogP) is 7.05. The van der Waals surface area contributed by atoms with Crippen molar-refractivity contribution in [1.82, 2.24) is 0 Å². The number of nitrogens with one attached hydrogen (secondary N) is 1. The first-order chi connectivity index (χ1) is 16.3. The molecule has 1 aromatic carbocycles. The molecular weight excluding hydrogens is 531 g/mol. The van der Waals surface area contributed by atoms with Gasteiger partial charge in [0.1, 0.15) is 21.0 Å². The molecule has 4 rings (SSSR count). The standard InChI is InChI=1S/C23H18Cl3F2NO4S/c24-15-5-6-34-21(15)22(30)32-19(8-14-16(25)9-29-10-17(14)26)13-3-4-18(33-23(27)28)20(7-13)31-11-12-1-2-12/h3-7,9-10,12,19,23H,1-2,8,11H2/p+1/t19-/m0/s1. The van der Waals surface area contributed by atoms with Gasteiger partial charge in [0.25, 0.3) is 0 Å². The van der Waals surface area contributed by atoms with Crippen LogP contribution < -0.4 is 14.5 Å². The first-order valence-electron chi connectivity index (χ1n) is 10.3. The molecule has 34 heavy (non-hydrogen) atoms. The zero-order valence-electron chi connectivity index (χ0n) is 17.5. The summed E-state index contributed by atoms with van der Waals surface area (Å²) in [6.07, 6.45) is 4.41. The Morgan fingerprint density at radius 1 is 1.09 bits per heavy atom. The van der Waals surface area contributed by atoms with Crippen LogP contribution in [0.1, 0.15) is 39.7 Å². The molecule has 0 spiro atoms. The average Bonchev–Trinajstić information content (AvgIpc) is 3.52. The second kappa shape index (κ2) is 11.1. The van der Waals surface area contributed by atoms with Gasteiger partial charge in [-0.25, -0.2) is 9.78 Å². The highest BCUT2D eigenvalue weighted by molar-refractivity contribution is 7.12. The molecule has 1 N–H and O–H groups in total. The Hall–Kier alpha value is -2.13. The van der Waals surface area contributed by atoms with E-state index in [4.69, 9.17) is 44.3 Å². The van der Waals surface area contributed by atoms with E-state index in [9.17, 15) is 13.6 Å². The predicted molar refractivity (Wildman–Crippen MR) is 126 cm³/mol. The van der Waals surface area contributed by atoms with Gasteiger partial charge in [-0.1, -0.05) is 40.9 Å². The van der Waals surface area contributed by atoms with Crippen LogP contribution in [0, 0.1) is 5.92 Å². The van der Waals surface area contributed by atoms with Crippen molar-refractivity contribution < 1.29 is 32.8 Å². The van der Waals surface area contributed by atoms with Crippen molar-refractivity contribution in [3.8, 4) is 11.5 Å². The van der Waals surface area contributed by atoms with Crippen LogP contribution in [0.5, 0.6) is 11.5 Å². The molecule has 0 aliphatic heterocycles. The summed E-state index contributed by atoms with van der Waals surface area (Å²) in [5.74, 6) is -0.210. The number of hydrogen-bond donors (Lipinski definition) is 0. The number of rotatable bonds is 10. The first kappa shape index (κ1) is 25.0. The van der Waals surface area contributed by atoms with Crippen molar-refractivity contribution in [3.05, 3.63) is 73.1 Å². The molecule has 0 saturated heterocycles. The normalized spacial score (nSPS) is 14.2. The third-order valence-electron chi connectivity index (χ3n) is 5.17. The van der Waals surface area contributed by atoms with Crippen molar-refractivity contribution in [2.45, 2.75) is 32.0 Å². The van der Waals surface area contributed by atoms with E-state index in [1.807, 2.05) is 0 Å². The highest BCUT2D eigenvalue weighted by Crippen LogP contribution is 2.38. The maximum Gasteiger partial charge on any atom is 0.387 e. The van der Waals surface area contributed by atoms with E-state index in [0.717, 1.165) is 24.2 Å². The minimum atomic E-state index is -3.01. The van der Waals surface area contributed by atoms with Gasteiger partial charge in [0.05, 0.1) is 11.6 Å². The van der Waals surface area contributed by atoms with Crippen LogP contribution in [0.25, 0.3) is 0 Å². The molecule has 5 nitrogen and oxygen atoms in total. The number of carbonyl (C=O) groups is 1. The monoisotopic (exact) mass is 548 g/mol. The first-order valence-corrected chi connectivity index (χ1v) is 12.3. The molecule has 1 aliphatic rings. The lowest BCUT2D eigenvalue weighted by atomic mass is 10.0. The second-order valence-electron chi connectivity index (χ2n) is 7.66. The van der Waals surface area contributed by atoms with Gasteiger partial charge in [0.15, 0.2) is 23.9 Å². The van der Waals surface area contributed by atoms with Gasteiger partial charge in [-0.2, -0.15) is 8.78 Å². The number of ether oxygens (including phenoxy) is 3. The van der Waals surface area contributed by atoms with Crippen LogP contribution >= 0.6 is 46.1 Å². The fourth-order valence-corrected chi connectivity index (χ4v) is 4.78. The van der Waals surface area contributed by atoms with Gasteiger partial charge >= 0.3 is 12.6 Å². The number of benzene rings is 1. The molecule has 0 radical (unpaired) electrons. The topological polar surface area (TPSA) is 58.9 Å². The Bertz CT molecular complexity index is 1150. The zero-order chi connectivity index (χ0) is 24.2. The number of pyridine rings is 1. The Morgan fingerprint density at radius 3 is 2.44 bits per heavy atom. The Morgan fingerprint density at radius 2 is 1.82 bits per heavy atom. The van der Waals surface area contributed by atoms with Crippen molar-refractivity contribution in [2.24, 2.45) is 5.92 Å². The van der Waals surface area contributed by atoms with Gasteiger partial charge < -0.3 is 14.2 Å². The summed E-state index contributed by atoms with van der Waals surface area (Å²) in [5.41, 5.74) is 1.04. The Labute approximate surface area is 213 Å². The molecule has 1 atom stereocenters. The Balaban J connectivity index is 1.68. The number of aromatic nitrogens is 1. The minimum Gasteiger partial charge on any atom is -0.489 e. The summed E-state index contributed by atoms with van der Waals surface area (Å²) in [5, 5.41) is 2.65. The minimum absolute atomic E-state index is 0.101. The molecule has 180 valence electrons. The molecule has 0 bridgehead atoms. The van der Waals surface area contributed by atoms with Crippen LogP contribution in [0.4, 0.5) is 8.78 Å². The van der Waals surface area contributed by atoms with Gasteiger partial charge in [0.2, 0.25) is 0 Å². The van der Waals surface area contributed by atoms with Crippen molar-refractivity contribution in [1.29, 1.82) is 0 Å². The van der Waals surface area contributed by atoms with Gasteiger partial charge in [0, 0.05) is 12.0 Å². The summed E-state index contributed by atoms with van der Waals surface area (Å²) >= 11 is 19.9. The molecule has 11 heteroatoms. The van der Waals surface area contributed by atoms with E-state index < -0.39 is 18.7 Å². The maximum absolute atomic E-state index is 12.9. The molecule has 3 aromatic rings. The second-order valence-corrected chi connectivity index (χ2v) is 9.80. The van der Waals surface area contributed by atoms with Gasteiger partial charge in [-0.05, 0) is 47.9 Å². The summed E-state index contributed by atoms with van der Waals surface area (Å²) < 4.78 is 42.0. The van der Waals surface area contributed by atoms with Crippen molar-refractivity contribution >= 4 is 52.1 Å². The molecule has 2 heterocycles. The summed E-state index contributed by atoms with van der Waals surface area (Å²) in [7, 11) is 0. The number of alkyl halides is 2. The number of H-pyrrole nitrogens is 1. The van der Waals surface area contributed by atoms with Crippen LogP contribution in [0.3, 0.4) is 0 Å². The Kier molecular flexibility index (Phi) is 8.14. The van der Waals surface area contributed by atoms with Crippen molar-refractivity contribution in [2.75, 3.05) is 6.61 Å². The summed E-state index contributed by atoms with van der Waals surface area (Å²) in [6, 6.07) is 6.03. The fraction of sp³-hybridized carbons (Fsp3) is 0.304. The van der Waals surface area contributed by atoms with E-state index in [-0.39, 0.29) is 27.8 Å². The molecule has 1 aliphatic carbocycles. The van der Waals surface area contributed by atoms with E-state index in [0.29, 0.717) is 33.7 Å². The number of carbonyl (C=O) groups excluding carboxylic acids is 1. The molecule has 1 fully saturated rings. The van der Waals surface area contributed by atoms with Crippen LogP contribution in [0.15, 0.2) is 42.0 Å². The van der Waals surface area contributed by atoms with E-state index >= 15 is 0 Å². The van der Waals surface area contributed by atoms with Crippen LogP contribution in [0.2, 0.25) is 15.1 Å². The zero-order valence-corrected chi connectivity index (χ0v) is 20.6. The van der Waals surface area contributed by atoms with E-state index in [1.54, 1.807) is 23.8 Å². The SMILES string of the molecule is O=C(O[C@@H](Cc1c(Cl)c[nH+]cc1Cl)c1ccc(OC(F)F)c(OCC2CC2)c1)c1sccc1Cl. The van der Waals surface area contributed by atoms with Crippen LogP contribution in [-0.2, 0) is 11.2 Å². The molecule has 2 aromatic heterocycles. The quantitative estimate of drug-likeness (QED) is 0.254. The largest absolute Gasteiger partial charge is 0.489 e. The maximum atomic E-state index is 12.9. The number of thiophene rings is 1.